The lowest BCUT2D eigenvalue weighted by atomic mass is 10.1. The van der Waals surface area contributed by atoms with E-state index in [4.69, 9.17) is 0 Å². The van der Waals surface area contributed by atoms with Gasteiger partial charge in [0.05, 0.1) is 6.16 Å². The van der Waals surface area contributed by atoms with Gasteiger partial charge in [0.15, 0.2) is 0 Å². The van der Waals surface area contributed by atoms with Crippen LogP contribution in [0.3, 0.4) is 0 Å². The predicted molar refractivity (Wildman–Crippen MR) is 143 cm³/mol. The van der Waals surface area contributed by atoms with Gasteiger partial charge < -0.3 is 12.4 Å². The third-order valence-electron chi connectivity index (χ3n) is 6.35. The summed E-state index contributed by atoms with van der Waals surface area (Å²) in [6.45, 7) is 2.27. The minimum absolute atomic E-state index is 0. The molecule has 0 heterocycles. The van der Waals surface area contributed by atoms with E-state index in [2.05, 4.69) is 122 Å². The van der Waals surface area contributed by atoms with Crippen molar-refractivity contribution in [1.29, 1.82) is 0 Å². The lowest BCUT2D eigenvalue weighted by Crippen LogP contribution is -3.00. The van der Waals surface area contributed by atoms with Crippen molar-refractivity contribution in [3.63, 3.8) is 0 Å². The SMILES string of the molecule is CCCCCCc1ccc(C[P+](c2ccccc2)(c2ccccc2)c2ccccc2)cc1.[Cl-]. The molecule has 0 fully saturated rings. The highest BCUT2D eigenvalue weighted by atomic mass is 35.5. The first kappa shape index (κ1) is 25.2. The molecule has 0 N–H and O–H groups in total. The van der Waals surface area contributed by atoms with Crippen LogP contribution >= 0.6 is 7.26 Å². The first-order valence-electron chi connectivity index (χ1n) is 12.0. The van der Waals surface area contributed by atoms with Crippen molar-refractivity contribution in [3.8, 4) is 0 Å². The first-order chi connectivity index (χ1) is 15.8. The van der Waals surface area contributed by atoms with Crippen LogP contribution in [0.2, 0.25) is 0 Å². The van der Waals surface area contributed by atoms with Gasteiger partial charge in [0.1, 0.15) is 23.2 Å². The number of rotatable bonds is 10. The molecule has 2 heteroatoms. The fourth-order valence-corrected chi connectivity index (χ4v) is 8.85. The second-order valence-electron chi connectivity index (χ2n) is 8.60. The van der Waals surface area contributed by atoms with Crippen molar-refractivity contribution in [3.05, 3.63) is 126 Å². The van der Waals surface area contributed by atoms with Gasteiger partial charge in [-0.15, -0.1) is 0 Å². The van der Waals surface area contributed by atoms with Crippen LogP contribution in [0.15, 0.2) is 115 Å². The molecule has 0 aromatic heterocycles. The Morgan fingerprint density at radius 2 is 0.909 bits per heavy atom. The van der Waals surface area contributed by atoms with E-state index in [0.29, 0.717) is 0 Å². The first-order valence-corrected chi connectivity index (χ1v) is 13.9. The summed E-state index contributed by atoms with van der Waals surface area (Å²) in [5.41, 5.74) is 2.89. The maximum Gasteiger partial charge on any atom is 0.116 e. The van der Waals surface area contributed by atoms with Gasteiger partial charge in [-0.05, 0) is 60.4 Å². The molecule has 0 spiro atoms. The molecule has 0 amide bonds. The van der Waals surface area contributed by atoms with Crippen LogP contribution in [0.1, 0.15) is 43.7 Å². The second kappa shape index (κ2) is 12.7. The number of aryl methyl sites for hydroxylation is 1. The smallest absolute Gasteiger partial charge is 0.116 e. The van der Waals surface area contributed by atoms with Crippen LogP contribution in [-0.2, 0) is 12.6 Å². The normalized spacial score (nSPS) is 11.1. The minimum Gasteiger partial charge on any atom is -1.00 e. The highest BCUT2D eigenvalue weighted by molar-refractivity contribution is 7.95. The van der Waals surface area contributed by atoms with Crippen molar-refractivity contribution in [2.45, 2.75) is 45.2 Å². The summed E-state index contributed by atoms with van der Waals surface area (Å²) >= 11 is 0. The van der Waals surface area contributed by atoms with Gasteiger partial charge in [-0.1, -0.05) is 105 Å². The number of halogens is 1. The number of hydrogen-bond acceptors (Lipinski definition) is 0. The van der Waals surface area contributed by atoms with Crippen LogP contribution in [0.4, 0.5) is 0 Å². The lowest BCUT2D eigenvalue weighted by Gasteiger charge is -2.28. The molecular formula is C31H34ClP. The van der Waals surface area contributed by atoms with Gasteiger partial charge in [-0.2, -0.15) is 0 Å². The van der Waals surface area contributed by atoms with Crippen LogP contribution in [0, 0.1) is 0 Å². The molecule has 0 atom stereocenters. The molecule has 0 saturated heterocycles. The van der Waals surface area contributed by atoms with Crippen molar-refractivity contribution in [1.82, 2.24) is 0 Å². The maximum absolute atomic E-state index is 2.37. The van der Waals surface area contributed by atoms with Crippen molar-refractivity contribution >= 4 is 23.2 Å². The molecule has 4 rings (SSSR count). The number of unbranched alkanes of at least 4 members (excludes halogenated alkanes) is 3. The Bertz CT molecular complexity index is 964. The molecule has 33 heavy (non-hydrogen) atoms. The van der Waals surface area contributed by atoms with E-state index in [1.54, 1.807) is 0 Å². The molecule has 0 unspecified atom stereocenters. The van der Waals surface area contributed by atoms with E-state index in [0.717, 1.165) is 6.16 Å². The summed E-state index contributed by atoms with van der Waals surface area (Å²) in [7, 11) is -1.82. The molecule has 0 radical (unpaired) electrons. The largest absolute Gasteiger partial charge is 1.00 e. The third kappa shape index (κ3) is 6.14. The fraction of sp³-hybridized carbons (Fsp3) is 0.226. The monoisotopic (exact) mass is 472 g/mol. The average molecular weight is 473 g/mol. The van der Waals surface area contributed by atoms with E-state index >= 15 is 0 Å². The van der Waals surface area contributed by atoms with Gasteiger partial charge in [0.2, 0.25) is 0 Å². The van der Waals surface area contributed by atoms with Crippen molar-refractivity contribution in [2.75, 3.05) is 0 Å². The maximum atomic E-state index is 2.37. The Balaban J connectivity index is 0.00000306. The Morgan fingerprint density at radius 3 is 1.33 bits per heavy atom. The summed E-state index contributed by atoms with van der Waals surface area (Å²) in [6, 6.07) is 43.0. The Morgan fingerprint density at radius 1 is 0.485 bits per heavy atom. The average Bonchev–Trinajstić information content (AvgIpc) is 2.88. The Labute approximate surface area is 206 Å². The molecule has 0 nitrogen and oxygen atoms in total. The zero-order valence-corrected chi connectivity index (χ0v) is 21.2. The quantitative estimate of drug-likeness (QED) is 0.238. The summed E-state index contributed by atoms with van der Waals surface area (Å²) in [6.07, 6.45) is 7.50. The highest BCUT2D eigenvalue weighted by Crippen LogP contribution is 2.58. The van der Waals surface area contributed by atoms with Crippen LogP contribution in [0.5, 0.6) is 0 Å². The van der Waals surface area contributed by atoms with Crippen LogP contribution in [-0.4, -0.2) is 0 Å². The van der Waals surface area contributed by atoms with E-state index in [1.807, 2.05) is 0 Å². The standard InChI is InChI=1S/C31H34P.ClH/c1-2-3-4-8-15-27-22-24-28(25-23-27)26-32(29-16-9-5-10-17-29,30-18-11-6-12-19-30)31-20-13-7-14-21-31;/h5-7,9-14,16-25H,2-4,8,15,26H2,1H3;1H/q+1;/p-1. The zero-order valence-electron chi connectivity index (χ0n) is 19.5. The van der Waals surface area contributed by atoms with Gasteiger partial charge in [0.25, 0.3) is 0 Å². The summed E-state index contributed by atoms with van der Waals surface area (Å²) < 4.78 is 0. The molecule has 4 aromatic rings. The van der Waals surface area contributed by atoms with Crippen molar-refractivity contribution in [2.24, 2.45) is 0 Å². The van der Waals surface area contributed by atoms with Gasteiger partial charge in [-0.3, -0.25) is 0 Å². The minimum atomic E-state index is -1.82. The number of hydrogen-bond donors (Lipinski definition) is 0. The predicted octanol–water partition coefficient (Wildman–Crippen LogP) is 4.31. The molecule has 0 bridgehead atoms. The summed E-state index contributed by atoms with van der Waals surface area (Å²) in [5, 5.41) is 4.34. The Hall–Kier alpha value is -2.40. The van der Waals surface area contributed by atoms with Crippen LogP contribution < -0.4 is 28.3 Å². The van der Waals surface area contributed by atoms with E-state index in [1.165, 1.54) is 59.1 Å². The topological polar surface area (TPSA) is 0 Å². The van der Waals surface area contributed by atoms with E-state index in [-0.39, 0.29) is 12.4 Å². The van der Waals surface area contributed by atoms with Gasteiger partial charge in [-0.25, -0.2) is 0 Å². The van der Waals surface area contributed by atoms with Crippen molar-refractivity contribution < 1.29 is 12.4 Å². The Kier molecular flexibility index (Phi) is 9.74. The molecule has 0 aliphatic heterocycles. The van der Waals surface area contributed by atoms with Gasteiger partial charge in [0, 0.05) is 0 Å². The fourth-order valence-electron chi connectivity index (χ4n) is 4.61. The lowest BCUT2D eigenvalue weighted by molar-refractivity contribution is -0.00000640. The van der Waals surface area contributed by atoms with E-state index in [9.17, 15) is 0 Å². The summed E-state index contributed by atoms with van der Waals surface area (Å²) in [4.78, 5) is 0. The second-order valence-corrected chi connectivity index (χ2v) is 12.1. The molecule has 4 aromatic carbocycles. The third-order valence-corrected chi connectivity index (χ3v) is 10.7. The number of benzene rings is 4. The van der Waals surface area contributed by atoms with Gasteiger partial charge >= 0.3 is 0 Å². The van der Waals surface area contributed by atoms with Crippen LogP contribution in [0.25, 0.3) is 0 Å². The molecule has 0 saturated carbocycles. The molecule has 0 aliphatic rings. The molecular weight excluding hydrogens is 439 g/mol. The molecule has 0 aliphatic carbocycles. The van der Waals surface area contributed by atoms with E-state index < -0.39 is 7.26 Å². The summed E-state index contributed by atoms with van der Waals surface area (Å²) in [5.74, 6) is 0. The molecule has 170 valence electrons. The zero-order chi connectivity index (χ0) is 22.1. The highest BCUT2D eigenvalue weighted by Gasteiger charge is 2.45.